The topological polar surface area (TPSA) is 19.1 Å². The normalized spacial score (nSPS) is 15.5. The van der Waals surface area contributed by atoms with Crippen LogP contribution in [-0.2, 0) is 0 Å². The molecule has 0 amide bonds. The first-order chi connectivity index (χ1) is 7.68. The average molecular weight is 216 g/mol. The Kier molecular flexibility index (Phi) is 3.04. The van der Waals surface area contributed by atoms with Gasteiger partial charge in [-0.3, -0.25) is 9.88 Å². The van der Waals surface area contributed by atoms with E-state index in [1.165, 1.54) is 5.69 Å². The van der Waals surface area contributed by atoms with Gasteiger partial charge in [0.25, 0.3) is 0 Å². The van der Waals surface area contributed by atoms with Crippen LogP contribution < -0.4 is 4.90 Å². The van der Waals surface area contributed by atoms with Crippen LogP contribution in [0.4, 0.5) is 5.69 Å². The first-order valence-corrected chi connectivity index (χ1v) is 5.64. The standard InChI is InChI=1S/C13H18N3/c1-11(2)15-8-5-9-16(10-15)13-6-4-7-14-12(13)3/h4-9,11H,10H2,1-3H3/q+1. The number of hydrogen-bond donors (Lipinski definition) is 0. The SMILES string of the molecule is Cc1ncccc1N1C=CC=[N+](C(C)C)C1. The van der Waals surface area contributed by atoms with Gasteiger partial charge in [-0.15, -0.1) is 0 Å². The van der Waals surface area contributed by atoms with Crippen LogP contribution in [0, 0.1) is 6.92 Å². The van der Waals surface area contributed by atoms with Crippen LogP contribution in [0.3, 0.4) is 0 Å². The molecule has 2 rings (SSSR count). The van der Waals surface area contributed by atoms with Crippen LogP contribution in [0.1, 0.15) is 19.5 Å². The number of rotatable bonds is 2. The van der Waals surface area contributed by atoms with E-state index in [4.69, 9.17) is 0 Å². The third-order valence-corrected chi connectivity index (χ3v) is 2.81. The van der Waals surface area contributed by atoms with E-state index in [1.54, 1.807) is 0 Å². The summed E-state index contributed by atoms with van der Waals surface area (Å²) < 4.78 is 2.30. The molecular weight excluding hydrogens is 198 g/mol. The maximum Gasteiger partial charge on any atom is 0.222 e. The van der Waals surface area contributed by atoms with E-state index in [9.17, 15) is 0 Å². The van der Waals surface area contributed by atoms with E-state index in [2.05, 4.69) is 52.9 Å². The van der Waals surface area contributed by atoms with E-state index in [0.717, 1.165) is 12.4 Å². The molecule has 0 spiro atoms. The number of aryl methyl sites for hydroxylation is 1. The van der Waals surface area contributed by atoms with Gasteiger partial charge in [-0.2, -0.15) is 0 Å². The second kappa shape index (κ2) is 4.47. The number of nitrogens with zero attached hydrogens (tertiary/aromatic N) is 3. The predicted molar refractivity (Wildman–Crippen MR) is 66.9 cm³/mol. The zero-order chi connectivity index (χ0) is 11.5. The van der Waals surface area contributed by atoms with E-state index < -0.39 is 0 Å². The van der Waals surface area contributed by atoms with Gasteiger partial charge >= 0.3 is 0 Å². The largest absolute Gasteiger partial charge is 0.291 e. The van der Waals surface area contributed by atoms with Crippen molar-refractivity contribution in [3.63, 3.8) is 0 Å². The monoisotopic (exact) mass is 216 g/mol. The van der Waals surface area contributed by atoms with E-state index in [-0.39, 0.29) is 0 Å². The van der Waals surface area contributed by atoms with Crippen molar-refractivity contribution in [2.24, 2.45) is 0 Å². The van der Waals surface area contributed by atoms with Crippen molar-refractivity contribution < 1.29 is 4.58 Å². The summed E-state index contributed by atoms with van der Waals surface area (Å²) in [6, 6.07) is 4.61. The van der Waals surface area contributed by atoms with Gasteiger partial charge in [-0.25, -0.2) is 4.58 Å². The maximum absolute atomic E-state index is 4.32. The molecule has 3 nitrogen and oxygen atoms in total. The molecule has 0 bridgehead atoms. The minimum absolute atomic E-state index is 0.518. The van der Waals surface area contributed by atoms with Crippen LogP contribution in [0.2, 0.25) is 0 Å². The molecule has 0 saturated heterocycles. The minimum atomic E-state index is 0.518. The van der Waals surface area contributed by atoms with Crippen LogP contribution in [0.25, 0.3) is 0 Å². The van der Waals surface area contributed by atoms with Gasteiger partial charge < -0.3 is 0 Å². The fourth-order valence-electron chi connectivity index (χ4n) is 1.79. The molecule has 16 heavy (non-hydrogen) atoms. The van der Waals surface area contributed by atoms with Gasteiger partial charge in [0.1, 0.15) is 6.04 Å². The third kappa shape index (κ3) is 2.13. The van der Waals surface area contributed by atoms with Gasteiger partial charge in [0.2, 0.25) is 6.67 Å². The van der Waals surface area contributed by atoms with Crippen molar-refractivity contribution in [2.45, 2.75) is 26.8 Å². The van der Waals surface area contributed by atoms with Crippen LogP contribution >= 0.6 is 0 Å². The number of anilines is 1. The van der Waals surface area contributed by atoms with Gasteiger partial charge in [-0.05, 0) is 32.9 Å². The molecule has 0 N–H and O–H groups in total. The van der Waals surface area contributed by atoms with Crippen LogP contribution in [-0.4, -0.2) is 28.5 Å². The molecule has 0 unspecified atom stereocenters. The number of pyridine rings is 1. The lowest BCUT2D eigenvalue weighted by atomic mass is 10.2. The molecular formula is C13H18N3+. The Hall–Kier alpha value is -1.64. The molecule has 1 aromatic heterocycles. The zero-order valence-corrected chi connectivity index (χ0v) is 10.1. The molecule has 1 aliphatic rings. The molecule has 1 aromatic rings. The summed E-state index contributed by atoms with van der Waals surface area (Å²) in [7, 11) is 0. The summed E-state index contributed by atoms with van der Waals surface area (Å²) in [4.78, 5) is 6.54. The van der Waals surface area contributed by atoms with Gasteiger partial charge in [0.05, 0.1) is 11.4 Å². The molecule has 0 atom stereocenters. The van der Waals surface area contributed by atoms with Gasteiger partial charge in [0.15, 0.2) is 6.21 Å². The van der Waals surface area contributed by atoms with Gasteiger partial charge in [-0.1, -0.05) is 0 Å². The first-order valence-electron chi connectivity index (χ1n) is 5.64. The second-order valence-electron chi connectivity index (χ2n) is 4.32. The van der Waals surface area contributed by atoms with Crippen LogP contribution in [0.5, 0.6) is 0 Å². The Balaban J connectivity index is 2.23. The highest BCUT2D eigenvalue weighted by Gasteiger charge is 2.18. The molecule has 2 heterocycles. The van der Waals surface area contributed by atoms with Crippen LogP contribution in [0.15, 0.2) is 30.6 Å². The Morgan fingerprint density at radius 2 is 2.25 bits per heavy atom. The summed E-state index contributed by atoms with van der Waals surface area (Å²) in [5.41, 5.74) is 2.25. The lowest BCUT2D eigenvalue weighted by Gasteiger charge is -2.23. The molecule has 3 heteroatoms. The van der Waals surface area contributed by atoms with Crippen molar-refractivity contribution in [1.82, 2.24) is 4.98 Å². The molecule has 0 aromatic carbocycles. The minimum Gasteiger partial charge on any atom is -0.291 e. The summed E-state index contributed by atoms with van der Waals surface area (Å²) >= 11 is 0. The molecule has 84 valence electrons. The lowest BCUT2D eigenvalue weighted by molar-refractivity contribution is -0.553. The molecule has 1 aliphatic heterocycles. The Morgan fingerprint density at radius 1 is 1.44 bits per heavy atom. The van der Waals surface area contributed by atoms with Gasteiger partial charge in [0, 0.05) is 18.5 Å². The van der Waals surface area contributed by atoms with Crippen molar-refractivity contribution in [3.05, 3.63) is 36.3 Å². The fraction of sp³-hybridized carbons (Fsp3) is 0.385. The van der Waals surface area contributed by atoms with E-state index >= 15 is 0 Å². The highest BCUT2D eigenvalue weighted by Crippen LogP contribution is 2.18. The van der Waals surface area contributed by atoms with Crippen molar-refractivity contribution in [3.8, 4) is 0 Å². The van der Waals surface area contributed by atoms with Crippen molar-refractivity contribution in [1.29, 1.82) is 0 Å². The lowest BCUT2D eigenvalue weighted by Crippen LogP contribution is -2.35. The highest BCUT2D eigenvalue weighted by atomic mass is 15.3. The number of allylic oxidation sites excluding steroid dienone is 1. The zero-order valence-electron chi connectivity index (χ0n) is 10.1. The molecule has 0 fully saturated rings. The predicted octanol–water partition coefficient (Wildman–Crippen LogP) is 2.17. The summed E-state index contributed by atoms with van der Waals surface area (Å²) in [5.74, 6) is 0. The van der Waals surface area contributed by atoms with E-state index in [0.29, 0.717) is 6.04 Å². The number of hydrogen-bond acceptors (Lipinski definition) is 2. The van der Waals surface area contributed by atoms with Crippen molar-refractivity contribution in [2.75, 3.05) is 11.6 Å². The molecule has 0 aliphatic carbocycles. The second-order valence-corrected chi connectivity index (χ2v) is 4.32. The maximum atomic E-state index is 4.32. The van der Waals surface area contributed by atoms with E-state index in [1.807, 2.05) is 19.2 Å². The highest BCUT2D eigenvalue weighted by molar-refractivity contribution is 5.69. The first kappa shape index (κ1) is 10.9. The Bertz CT molecular complexity index is 433. The Morgan fingerprint density at radius 3 is 2.94 bits per heavy atom. The Labute approximate surface area is 96.7 Å². The number of aromatic nitrogens is 1. The third-order valence-electron chi connectivity index (χ3n) is 2.81. The summed E-state index contributed by atoms with van der Waals surface area (Å²) in [6.45, 7) is 7.33. The smallest absolute Gasteiger partial charge is 0.222 e. The molecule has 0 saturated carbocycles. The summed E-state index contributed by atoms with van der Waals surface area (Å²) in [6.07, 6.45) is 8.14. The quantitative estimate of drug-likeness (QED) is 0.706. The fourth-order valence-corrected chi connectivity index (χ4v) is 1.79. The van der Waals surface area contributed by atoms with Crippen molar-refractivity contribution >= 4 is 11.9 Å². The molecule has 0 radical (unpaired) electrons. The average Bonchev–Trinajstić information content (AvgIpc) is 2.30. The summed E-state index contributed by atoms with van der Waals surface area (Å²) in [5, 5.41) is 0.